The molecule has 1 rings (SSSR count). The lowest BCUT2D eigenvalue weighted by Gasteiger charge is -2.23. The van der Waals surface area contributed by atoms with Crippen molar-refractivity contribution in [2.24, 2.45) is 0 Å². The summed E-state index contributed by atoms with van der Waals surface area (Å²) in [5.74, 6) is -0.120. The second-order valence-corrected chi connectivity index (χ2v) is 7.97. The van der Waals surface area contributed by atoms with Gasteiger partial charge in [0, 0.05) is 23.6 Å². The Morgan fingerprint density at radius 2 is 2.05 bits per heavy atom. The molecule has 5 nitrogen and oxygen atoms in total. The molecule has 1 N–H and O–H groups in total. The van der Waals surface area contributed by atoms with Crippen LogP contribution in [0.5, 0.6) is 0 Å². The van der Waals surface area contributed by atoms with Crippen molar-refractivity contribution in [3.05, 3.63) is 34.3 Å². The average molecular weight is 377 g/mol. The summed E-state index contributed by atoms with van der Waals surface area (Å²) in [6.45, 7) is 4.20. The molecule has 0 bridgehead atoms. The topological polar surface area (TPSA) is 66.5 Å². The van der Waals surface area contributed by atoms with Gasteiger partial charge in [0.05, 0.1) is 12.7 Å². The van der Waals surface area contributed by atoms with Crippen molar-refractivity contribution >= 4 is 31.9 Å². The number of carbonyl (C=O) groups excluding carboxylic acids is 1. The lowest BCUT2D eigenvalue weighted by atomic mass is 10.1. The number of amides is 1. The van der Waals surface area contributed by atoms with Crippen LogP contribution >= 0.6 is 15.9 Å². The summed E-state index contributed by atoms with van der Waals surface area (Å²) in [4.78, 5) is 11.8. The first kappa shape index (κ1) is 18.1. The van der Waals surface area contributed by atoms with Gasteiger partial charge in [0.25, 0.3) is 0 Å². The van der Waals surface area contributed by atoms with Gasteiger partial charge in [-0.2, -0.15) is 4.31 Å². The normalized spacial score (nSPS) is 11.9. The number of halogens is 1. The van der Waals surface area contributed by atoms with E-state index in [2.05, 4.69) is 21.2 Å². The van der Waals surface area contributed by atoms with Crippen LogP contribution in [0.1, 0.15) is 19.4 Å². The summed E-state index contributed by atoms with van der Waals surface area (Å²) >= 11 is 3.36. The summed E-state index contributed by atoms with van der Waals surface area (Å²) in [6, 6.07) is 7.41. The lowest BCUT2D eigenvalue weighted by molar-refractivity contribution is -0.120. The molecule has 0 heterocycles. The third-order valence-electron chi connectivity index (χ3n) is 2.91. The van der Waals surface area contributed by atoms with E-state index in [1.54, 1.807) is 0 Å². The van der Waals surface area contributed by atoms with Crippen LogP contribution in [-0.2, 0) is 21.2 Å². The molecule has 0 saturated carbocycles. The molecule has 1 amide bonds. The highest BCUT2D eigenvalue weighted by molar-refractivity contribution is 9.10. The molecule has 21 heavy (non-hydrogen) atoms. The van der Waals surface area contributed by atoms with Crippen LogP contribution in [0.4, 0.5) is 0 Å². The summed E-state index contributed by atoms with van der Waals surface area (Å²) in [5.41, 5.74) is 0.908. The van der Waals surface area contributed by atoms with E-state index in [-0.39, 0.29) is 24.9 Å². The number of hydrogen-bond donors (Lipinski definition) is 1. The van der Waals surface area contributed by atoms with Gasteiger partial charge in [0.1, 0.15) is 0 Å². The van der Waals surface area contributed by atoms with Gasteiger partial charge in [-0.3, -0.25) is 4.79 Å². The molecule has 0 unspecified atom stereocenters. The van der Waals surface area contributed by atoms with E-state index < -0.39 is 10.0 Å². The molecular weight excluding hydrogens is 356 g/mol. The van der Waals surface area contributed by atoms with Crippen LogP contribution in [0.3, 0.4) is 0 Å². The average Bonchev–Trinajstić information content (AvgIpc) is 2.32. The molecule has 7 heteroatoms. The van der Waals surface area contributed by atoms with E-state index in [9.17, 15) is 13.2 Å². The fourth-order valence-corrected chi connectivity index (χ4v) is 3.64. The predicted octanol–water partition coefficient (Wildman–Crippen LogP) is 1.78. The van der Waals surface area contributed by atoms with Gasteiger partial charge in [0.2, 0.25) is 15.9 Å². The monoisotopic (exact) mass is 376 g/mol. The Morgan fingerprint density at radius 3 is 2.57 bits per heavy atom. The molecule has 0 fully saturated rings. The van der Waals surface area contributed by atoms with Crippen molar-refractivity contribution in [1.82, 2.24) is 9.62 Å². The number of hydrogen-bond acceptors (Lipinski definition) is 3. The van der Waals surface area contributed by atoms with E-state index in [0.717, 1.165) is 10.0 Å². The number of sulfonamides is 1. The van der Waals surface area contributed by atoms with Crippen LogP contribution in [0, 0.1) is 0 Å². The zero-order valence-electron chi connectivity index (χ0n) is 12.5. The van der Waals surface area contributed by atoms with Crippen molar-refractivity contribution in [3.63, 3.8) is 0 Å². The molecule has 1 aromatic rings. The number of rotatable bonds is 7. The van der Waals surface area contributed by atoms with E-state index >= 15 is 0 Å². The van der Waals surface area contributed by atoms with Crippen LogP contribution < -0.4 is 5.32 Å². The van der Waals surface area contributed by atoms with Crippen molar-refractivity contribution < 1.29 is 13.2 Å². The third-order valence-corrected chi connectivity index (χ3v) is 4.86. The highest BCUT2D eigenvalue weighted by Gasteiger charge is 2.19. The quantitative estimate of drug-likeness (QED) is 0.788. The number of benzene rings is 1. The Balaban J connectivity index is 2.46. The summed E-state index contributed by atoms with van der Waals surface area (Å²) in [5, 5.41) is 2.75. The fourth-order valence-electron chi connectivity index (χ4n) is 2.01. The van der Waals surface area contributed by atoms with E-state index in [4.69, 9.17) is 0 Å². The molecule has 118 valence electrons. The Bertz CT molecular complexity index is 588. The van der Waals surface area contributed by atoms with Gasteiger partial charge >= 0.3 is 0 Å². The van der Waals surface area contributed by atoms with Crippen molar-refractivity contribution in [2.75, 3.05) is 19.3 Å². The predicted molar refractivity (Wildman–Crippen MR) is 87.5 cm³/mol. The van der Waals surface area contributed by atoms with Crippen molar-refractivity contribution in [3.8, 4) is 0 Å². The molecule has 0 atom stereocenters. The second kappa shape index (κ2) is 7.91. The van der Waals surface area contributed by atoms with E-state index in [0.29, 0.717) is 6.54 Å². The molecular formula is C14H21BrN2O3S. The maximum atomic E-state index is 11.8. The minimum absolute atomic E-state index is 0.120. The first-order valence-corrected chi connectivity index (χ1v) is 9.32. The van der Waals surface area contributed by atoms with E-state index in [1.807, 2.05) is 38.1 Å². The van der Waals surface area contributed by atoms with Gasteiger partial charge < -0.3 is 5.32 Å². The first-order chi connectivity index (χ1) is 9.70. The molecule has 1 aromatic carbocycles. The van der Waals surface area contributed by atoms with Gasteiger partial charge in [-0.05, 0) is 31.5 Å². The third kappa shape index (κ3) is 6.58. The Morgan fingerprint density at radius 1 is 1.38 bits per heavy atom. The largest absolute Gasteiger partial charge is 0.354 e. The summed E-state index contributed by atoms with van der Waals surface area (Å²) in [6.07, 6.45) is 1.45. The zero-order chi connectivity index (χ0) is 16.0. The van der Waals surface area contributed by atoms with Crippen LogP contribution in [0.25, 0.3) is 0 Å². The lowest BCUT2D eigenvalue weighted by Crippen LogP contribution is -2.42. The number of carbonyl (C=O) groups is 1. The van der Waals surface area contributed by atoms with E-state index in [1.165, 1.54) is 10.6 Å². The fraction of sp³-hybridized carbons (Fsp3) is 0.500. The standard InChI is InChI=1S/C14H21BrN2O3S/c1-11(2)17(21(3,19)20)8-7-16-14(18)10-12-5-4-6-13(15)9-12/h4-6,9,11H,7-8,10H2,1-3H3,(H,16,18). The Hall–Kier alpha value is -0.920. The van der Waals surface area contributed by atoms with Crippen LogP contribution in [0.15, 0.2) is 28.7 Å². The molecule has 0 aliphatic carbocycles. The first-order valence-electron chi connectivity index (χ1n) is 6.68. The highest BCUT2D eigenvalue weighted by atomic mass is 79.9. The second-order valence-electron chi connectivity index (χ2n) is 5.12. The SMILES string of the molecule is CC(C)N(CCNC(=O)Cc1cccc(Br)c1)S(C)(=O)=O. The molecule has 0 saturated heterocycles. The molecule has 0 spiro atoms. The van der Waals surface area contributed by atoms with Crippen LogP contribution in [0.2, 0.25) is 0 Å². The van der Waals surface area contributed by atoms with Gasteiger partial charge in [-0.1, -0.05) is 28.1 Å². The maximum Gasteiger partial charge on any atom is 0.224 e. The number of nitrogens with one attached hydrogen (secondary N) is 1. The zero-order valence-corrected chi connectivity index (χ0v) is 14.9. The van der Waals surface area contributed by atoms with Gasteiger partial charge in [0.15, 0.2) is 0 Å². The highest BCUT2D eigenvalue weighted by Crippen LogP contribution is 2.12. The molecule has 0 radical (unpaired) electrons. The summed E-state index contributed by atoms with van der Waals surface area (Å²) < 4.78 is 25.5. The maximum absolute atomic E-state index is 11.8. The molecule has 0 aromatic heterocycles. The minimum atomic E-state index is -3.25. The van der Waals surface area contributed by atoms with Crippen LogP contribution in [-0.4, -0.2) is 44.0 Å². The summed E-state index contributed by atoms with van der Waals surface area (Å²) in [7, 11) is -3.25. The van der Waals surface area contributed by atoms with Gasteiger partial charge in [-0.15, -0.1) is 0 Å². The molecule has 0 aliphatic heterocycles. The molecule has 0 aliphatic rings. The minimum Gasteiger partial charge on any atom is -0.354 e. The van der Waals surface area contributed by atoms with Crippen molar-refractivity contribution in [2.45, 2.75) is 26.3 Å². The Kier molecular flexibility index (Phi) is 6.83. The smallest absolute Gasteiger partial charge is 0.224 e. The van der Waals surface area contributed by atoms with Gasteiger partial charge in [-0.25, -0.2) is 8.42 Å². The Labute approximate surface area is 134 Å². The number of nitrogens with zero attached hydrogens (tertiary/aromatic N) is 1. The van der Waals surface area contributed by atoms with Crippen molar-refractivity contribution in [1.29, 1.82) is 0 Å².